The van der Waals surface area contributed by atoms with E-state index in [0.29, 0.717) is 30.2 Å². The molecule has 2 rings (SSSR count). The summed E-state index contributed by atoms with van der Waals surface area (Å²) in [7, 11) is 0. The molecule has 1 aliphatic carbocycles. The Labute approximate surface area is 144 Å². The van der Waals surface area contributed by atoms with Crippen molar-refractivity contribution in [1.82, 2.24) is 0 Å². The number of hydrogen-bond donors (Lipinski definition) is 1. The van der Waals surface area contributed by atoms with Gasteiger partial charge >= 0.3 is 0 Å². The first-order chi connectivity index (χ1) is 11.6. The molecule has 0 bridgehead atoms. The summed E-state index contributed by atoms with van der Waals surface area (Å²) < 4.78 is 11.4. The Hall–Kier alpha value is -2.06. The minimum absolute atomic E-state index is 0.120. The Bertz CT molecular complexity index is 601. The molecule has 0 aliphatic heterocycles. The summed E-state index contributed by atoms with van der Waals surface area (Å²) >= 11 is 0. The summed E-state index contributed by atoms with van der Waals surface area (Å²) in [5.41, 5.74) is 0.309. The molecule has 0 heterocycles. The number of nitriles is 1. The van der Waals surface area contributed by atoms with Crippen LogP contribution in [0.4, 0.5) is 5.69 Å². The van der Waals surface area contributed by atoms with Crippen LogP contribution in [0.3, 0.4) is 0 Å². The number of nitrogens with zero attached hydrogens (tertiary/aromatic N) is 1. The van der Waals surface area contributed by atoms with Crippen molar-refractivity contribution in [3.8, 4) is 11.8 Å². The number of anilines is 1. The van der Waals surface area contributed by atoms with Gasteiger partial charge in [0.05, 0.1) is 12.2 Å². The summed E-state index contributed by atoms with van der Waals surface area (Å²) in [6.45, 7) is 5.10. The van der Waals surface area contributed by atoms with Crippen molar-refractivity contribution < 1.29 is 14.3 Å². The monoisotopic (exact) mass is 330 g/mol. The number of benzene rings is 1. The van der Waals surface area contributed by atoms with Crippen LogP contribution in [0, 0.1) is 11.3 Å². The topological polar surface area (TPSA) is 71.3 Å². The molecule has 0 aromatic heterocycles. The van der Waals surface area contributed by atoms with E-state index in [-0.39, 0.29) is 5.91 Å². The third-order valence-electron chi connectivity index (χ3n) is 4.36. The highest BCUT2D eigenvalue weighted by atomic mass is 16.5. The number of nitrogens with one attached hydrogen (secondary N) is 1. The van der Waals surface area contributed by atoms with Crippen LogP contribution < -0.4 is 10.1 Å². The second kappa shape index (κ2) is 8.70. The van der Waals surface area contributed by atoms with Gasteiger partial charge in [-0.15, -0.1) is 0 Å². The molecule has 1 N–H and O–H groups in total. The first-order valence-corrected chi connectivity index (χ1v) is 8.77. The van der Waals surface area contributed by atoms with Gasteiger partial charge in [-0.1, -0.05) is 13.3 Å². The summed E-state index contributed by atoms with van der Waals surface area (Å²) in [6, 6.07) is 7.31. The van der Waals surface area contributed by atoms with Crippen LogP contribution in [-0.4, -0.2) is 24.7 Å². The largest absolute Gasteiger partial charge is 0.492 e. The van der Waals surface area contributed by atoms with Crippen molar-refractivity contribution in [2.75, 3.05) is 18.5 Å². The van der Waals surface area contributed by atoms with Gasteiger partial charge in [0, 0.05) is 12.3 Å². The molecule has 1 aliphatic rings. The summed E-state index contributed by atoms with van der Waals surface area (Å²) in [6.07, 6.45) is 5.48. The predicted molar refractivity (Wildman–Crippen MR) is 93.0 cm³/mol. The highest BCUT2D eigenvalue weighted by Crippen LogP contribution is 2.34. The Morgan fingerprint density at radius 2 is 2.08 bits per heavy atom. The normalized spacial score (nSPS) is 15.7. The molecule has 0 spiro atoms. The Morgan fingerprint density at radius 3 is 2.71 bits per heavy atom. The summed E-state index contributed by atoms with van der Waals surface area (Å²) in [5, 5.41) is 12.2. The Morgan fingerprint density at radius 1 is 1.33 bits per heavy atom. The maximum atomic E-state index is 12.7. The first kappa shape index (κ1) is 18.3. The van der Waals surface area contributed by atoms with Gasteiger partial charge < -0.3 is 14.8 Å². The predicted octanol–water partition coefficient (Wildman–Crippen LogP) is 4.02. The van der Waals surface area contributed by atoms with E-state index in [2.05, 4.69) is 18.3 Å². The van der Waals surface area contributed by atoms with E-state index in [9.17, 15) is 10.1 Å². The molecule has 1 fully saturated rings. The molecule has 24 heavy (non-hydrogen) atoms. The number of amides is 1. The van der Waals surface area contributed by atoms with Crippen LogP contribution in [0.15, 0.2) is 18.2 Å². The highest BCUT2D eigenvalue weighted by molar-refractivity contribution is 5.97. The fraction of sp³-hybridized carbons (Fsp3) is 0.579. The van der Waals surface area contributed by atoms with E-state index < -0.39 is 5.60 Å². The Kier molecular flexibility index (Phi) is 6.62. The molecule has 1 saturated carbocycles. The van der Waals surface area contributed by atoms with Gasteiger partial charge in [0.2, 0.25) is 0 Å². The molecule has 0 radical (unpaired) electrons. The average Bonchev–Trinajstić information content (AvgIpc) is 3.06. The zero-order valence-electron chi connectivity index (χ0n) is 14.6. The number of carbonyl (C=O) groups is 1. The van der Waals surface area contributed by atoms with Crippen molar-refractivity contribution in [1.29, 1.82) is 5.26 Å². The van der Waals surface area contributed by atoms with Crippen LogP contribution in [0.5, 0.6) is 5.75 Å². The molecule has 5 heteroatoms. The lowest BCUT2D eigenvalue weighted by Gasteiger charge is -2.27. The number of carbonyl (C=O) groups excluding carboxylic acids is 1. The molecular formula is C19H26N2O3. The molecule has 1 aromatic carbocycles. The zero-order chi connectivity index (χ0) is 17.4. The first-order valence-electron chi connectivity index (χ1n) is 8.77. The van der Waals surface area contributed by atoms with Crippen molar-refractivity contribution >= 4 is 11.6 Å². The van der Waals surface area contributed by atoms with Gasteiger partial charge in [0.25, 0.3) is 5.91 Å². The van der Waals surface area contributed by atoms with E-state index in [1.807, 2.05) is 6.92 Å². The minimum Gasteiger partial charge on any atom is -0.492 e. The quantitative estimate of drug-likeness (QED) is 0.731. The minimum atomic E-state index is -0.724. The molecule has 0 atom stereocenters. The van der Waals surface area contributed by atoms with Crippen molar-refractivity contribution in [3.05, 3.63) is 23.8 Å². The van der Waals surface area contributed by atoms with Gasteiger partial charge in [-0.2, -0.15) is 5.26 Å². The fourth-order valence-electron chi connectivity index (χ4n) is 3.05. The third-order valence-corrected chi connectivity index (χ3v) is 4.36. The number of hydrogen-bond acceptors (Lipinski definition) is 4. The van der Waals surface area contributed by atoms with E-state index in [0.717, 1.165) is 38.5 Å². The number of rotatable bonds is 8. The molecular weight excluding hydrogens is 304 g/mol. The maximum Gasteiger partial charge on any atom is 0.256 e. The zero-order valence-corrected chi connectivity index (χ0v) is 14.6. The van der Waals surface area contributed by atoms with Crippen molar-refractivity contribution in [2.45, 2.75) is 58.0 Å². The number of unbranched alkanes of at least 4 members (excludes halogenated alkanes) is 1. The second-order valence-corrected chi connectivity index (χ2v) is 6.11. The van der Waals surface area contributed by atoms with E-state index in [1.165, 1.54) is 0 Å². The van der Waals surface area contributed by atoms with E-state index >= 15 is 0 Å². The van der Waals surface area contributed by atoms with Crippen LogP contribution in [0.2, 0.25) is 0 Å². The molecule has 0 unspecified atom stereocenters. The van der Waals surface area contributed by atoms with Crippen molar-refractivity contribution in [2.24, 2.45) is 0 Å². The summed E-state index contributed by atoms with van der Waals surface area (Å²) in [5.74, 6) is 0.440. The van der Waals surface area contributed by atoms with Crippen LogP contribution in [-0.2, 0) is 9.53 Å². The fourth-order valence-corrected chi connectivity index (χ4v) is 3.05. The highest BCUT2D eigenvalue weighted by Gasteiger charge is 2.42. The SMILES string of the molecule is CCCCOc1ccc(NC(=O)C2(OCC)CCCC2)cc1C#N. The van der Waals surface area contributed by atoms with Crippen molar-refractivity contribution in [3.63, 3.8) is 0 Å². The lowest BCUT2D eigenvalue weighted by Crippen LogP contribution is -2.43. The van der Waals surface area contributed by atoms with E-state index in [4.69, 9.17) is 9.47 Å². The molecule has 1 amide bonds. The van der Waals surface area contributed by atoms with Gasteiger partial charge in [-0.25, -0.2) is 0 Å². The third kappa shape index (κ3) is 4.27. The number of ether oxygens (including phenoxy) is 2. The Balaban J connectivity index is 2.09. The van der Waals surface area contributed by atoms with Crippen LogP contribution in [0.1, 0.15) is 57.9 Å². The maximum absolute atomic E-state index is 12.7. The lowest BCUT2D eigenvalue weighted by molar-refractivity contribution is -0.140. The standard InChI is InChI=1S/C19H26N2O3/c1-3-5-12-23-17-9-8-16(13-15(17)14-20)21-18(22)19(24-4-2)10-6-7-11-19/h8-9,13H,3-7,10-12H2,1-2H3,(H,21,22). The smallest absolute Gasteiger partial charge is 0.256 e. The van der Waals surface area contributed by atoms with Crippen LogP contribution in [0.25, 0.3) is 0 Å². The van der Waals surface area contributed by atoms with Crippen LogP contribution >= 0.6 is 0 Å². The molecule has 5 nitrogen and oxygen atoms in total. The van der Waals surface area contributed by atoms with Gasteiger partial charge in [-0.3, -0.25) is 4.79 Å². The molecule has 130 valence electrons. The molecule has 0 saturated heterocycles. The molecule has 1 aromatic rings. The van der Waals surface area contributed by atoms with E-state index in [1.54, 1.807) is 18.2 Å². The average molecular weight is 330 g/mol. The lowest BCUT2D eigenvalue weighted by atomic mass is 10.0. The van der Waals surface area contributed by atoms with Gasteiger partial charge in [-0.05, 0) is 57.2 Å². The van der Waals surface area contributed by atoms with Gasteiger partial charge in [0.15, 0.2) is 0 Å². The van der Waals surface area contributed by atoms with Gasteiger partial charge in [0.1, 0.15) is 17.4 Å². The second-order valence-electron chi connectivity index (χ2n) is 6.11. The summed E-state index contributed by atoms with van der Waals surface area (Å²) in [4.78, 5) is 12.7.